The van der Waals surface area contributed by atoms with Crippen LogP contribution in [0.2, 0.25) is 0 Å². The van der Waals surface area contributed by atoms with Crippen molar-refractivity contribution in [2.75, 3.05) is 13.1 Å². The second kappa shape index (κ2) is 7.14. The molecule has 2 rings (SSSR count). The van der Waals surface area contributed by atoms with E-state index in [-0.39, 0.29) is 30.7 Å². The average Bonchev–Trinajstić information content (AvgIpc) is 2.60. The van der Waals surface area contributed by atoms with Crippen LogP contribution >= 0.6 is 12.4 Å². The van der Waals surface area contributed by atoms with Gasteiger partial charge in [0, 0.05) is 0 Å². The number of hydrogen-bond donors (Lipinski definition) is 1. The van der Waals surface area contributed by atoms with Crippen molar-refractivity contribution in [3.8, 4) is 0 Å². The van der Waals surface area contributed by atoms with E-state index in [0.29, 0.717) is 0 Å². The number of halogens is 1. The van der Waals surface area contributed by atoms with Gasteiger partial charge in [-0.25, -0.2) is 0 Å². The number of likely N-dealkylation sites (N-methyl/N-ethyl adjacent to an activating group) is 1. The minimum Gasteiger partial charge on any atom is -0.399 e. The molecule has 0 saturated carbocycles. The van der Waals surface area contributed by atoms with Crippen molar-refractivity contribution in [1.82, 2.24) is 5.32 Å². The first kappa shape index (κ1) is 18.5. The highest BCUT2D eigenvalue weighted by molar-refractivity contribution is 6.62. The van der Waals surface area contributed by atoms with E-state index in [9.17, 15) is 0 Å². The molecule has 1 aromatic rings. The van der Waals surface area contributed by atoms with E-state index in [1.807, 2.05) is 0 Å². The van der Waals surface area contributed by atoms with Gasteiger partial charge in [0.1, 0.15) is 0 Å². The monoisotopic (exact) mass is 311 g/mol. The summed E-state index contributed by atoms with van der Waals surface area (Å²) in [5, 5.41) is 3.34. The zero-order valence-electron chi connectivity index (χ0n) is 13.7. The lowest BCUT2D eigenvalue weighted by molar-refractivity contribution is 0.00578. The third kappa shape index (κ3) is 4.23. The summed E-state index contributed by atoms with van der Waals surface area (Å²) >= 11 is 0. The molecule has 1 aliphatic rings. The Balaban J connectivity index is 0.00000220. The molecule has 3 nitrogen and oxygen atoms in total. The maximum Gasteiger partial charge on any atom is 0.494 e. The number of hydrogen-bond acceptors (Lipinski definition) is 3. The quantitative estimate of drug-likeness (QED) is 0.670. The number of nitrogens with one attached hydrogen (secondary N) is 1. The van der Waals surface area contributed by atoms with Gasteiger partial charge in [-0.15, -0.1) is 12.4 Å². The van der Waals surface area contributed by atoms with E-state index in [2.05, 4.69) is 64.2 Å². The topological polar surface area (TPSA) is 30.5 Å². The Hall–Kier alpha value is -0.545. The van der Waals surface area contributed by atoms with E-state index in [0.717, 1.165) is 25.0 Å². The molecule has 0 radical (unpaired) electrons. The molecule has 0 unspecified atom stereocenters. The lowest BCUT2D eigenvalue weighted by Crippen LogP contribution is -2.41. The summed E-state index contributed by atoms with van der Waals surface area (Å²) in [6.07, 6.45) is 1.05. The van der Waals surface area contributed by atoms with Gasteiger partial charge in [0.25, 0.3) is 0 Å². The van der Waals surface area contributed by atoms with Crippen molar-refractivity contribution in [3.63, 3.8) is 0 Å². The third-order valence-corrected chi connectivity index (χ3v) is 4.35. The minimum absolute atomic E-state index is 0. The summed E-state index contributed by atoms with van der Waals surface area (Å²) in [5.74, 6) is 0. The van der Waals surface area contributed by atoms with Crippen molar-refractivity contribution in [3.05, 3.63) is 29.8 Å². The summed E-state index contributed by atoms with van der Waals surface area (Å²) in [6, 6.07) is 8.56. The van der Waals surface area contributed by atoms with Crippen LogP contribution in [0.5, 0.6) is 0 Å². The molecule has 1 saturated heterocycles. The SMILES string of the molecule is CCNCCc1ccc(B2OC(C)(C)C(C)(C)O2)cc1.Cl. The van der Waals surface area contributed by atoms with Crippen LogP contribution in [0.1, 0.15) is 40.2 Å². The highest BCUT2D eigenvalue weighted by atomic mass is 35.5. The minimum atomic E-state index is -0.276. The van der Waals surface area contributed by atoms with Crippen molar-refractivity contribution in [2.45, 2.75) is 52.2 Å². The second-order valence-corrected chi connectivity index (χ2v) is 6.43. The van der Waals surface area contributed by atoms with Gasteiger partial charge in [0.05, 0.1) is 11.2 Å². The Morgan fingerprint density at radius 2 is 1.52 bits per heavy atom. The van der Waals surface area contributed by atoms with Crippen LogP contribution < -0.4 is 10.8 Å². The Kier molecular flexibility index (Phi) is 6.29. The molecular weight excluding hydrogens is 284 g/mol. The zero-order valence-corrected chi connectivity index (χ0v) is 14.5. The van der Waals surface area contributed by atoms with E-state index in [1.54, 1.807) is 0 Å². The molecule has 0 amide bonds. The Labute approximate surface area is 135 Å². The van der Waals surface area contributed by atoms with Gasteiger partial charge in [-0.2, -0.15) is 0 Å². The van der Waals surface area contributed by atoms with Crippen LogP contribution in [0.25, 0.3) is 0 Å². The highest BCUT2D eigenvalue weighted by Gasteiger charge is 2.51. The summed E-state index contributed by atoms with van der Waals surface area (Å²) in [7, 11) is -0.261. The molecule has 1 aromatic carbocycles. The molecule has 0 aliphatic carbocycles. The van der Waals surface area contributed by atoms with Crippen molar-refractivity contribution in [2.24, 2.45) is 0 Å². The fraction of sp³-hybridized carbons (Fsp3) is 0.625. The van der Waals surface area contributed by atoms with Gasteiger partial charge in [-0.3, -0.25) is 0 Å². The maximum absolute atomic E-state index is 6.05. The van der Waals surface area contributed by atoms with E-state index < -0.39 is 0 Å². The molecule has 5 heteroatoms. The molecular formula is C16H27BClNO2. The predicted octanol–water partition coefficient (Wildman–Crippen LogP) is 2.56. The lowest BCUT2D eigenvalue weighted by Gasteiger charge is -2.32. The Bertz CT molecular complexity index is 432. The fourth-order valence-electron chi connectivity index (χ4n) is 2.23. The summed E-state index contributed by atoms with van der Waals surface area (Å²) in [5.41, 5.74) is 1.88. The first-order chi connectivity index (χ1) is 9.36. The average molecular weight is 312 g/mol. The van der Waals surface area contributed by atoms with Gasteiger partial charge in [0.15, 0.2) is 0 Å². The van der Waals surface area contributed by atoms with Crippen LogP contribution in [-0.2, 0) is 15.7 Å². The highest BCUT2D eigenvalue weighted by Crippen LogP contribution is 2.36. The van der Waals surface area contributed by atoms with E-state index in [1.165, 1.54) is 5.56 Å². The molecule has 0 aromatic heterocycles. The van der Waals surface area contributed by atoms with Gasteiger partial charge < -0.3 is 14.6 Å². The molecule has 0 bridgehead atoms. The van der Waals surface area contributed by atoms with Crippen molar-refractivity contribution in [1.29, 1.82) is 0 Å². The summed E-state index contributed by atoms with van der Waals surface area (Å²) < 4.78 is 12.1. The van der Waals surface area contributed by atoms with Crippen molar-refractivity contribution < 1.29 is 9.31 Å². The largest absolute Gasteiger partial charge is 0.494 e. The van der Waals surface area contributed by atoms with Gasteiger partial charge in [-0.1, -0.05) is 31.2 Å². The predicted molar refractivity (Wildman–Crippen MR) is 91.7 cm³/mol. The molecule has 1 heterocycles. The molecule has 118 valence electrons. The van der Waals surface area contributed by atoms with Crippen LogP contribution in [0.4, 0.5) is 0 Å². The smallest absolute Gasteiger partial charge is 0.399 e. The molecule has 1 aliphatic heterocycles. The van der Waals surface area contributed by atoms with Crippen molar-refractivity contribution >= 4 is 25.0 Å². The van der Waals surface area contributed by atoms with Gasteiger partial charge >= 0.3 is 7.12 Å². The third-order valence-electron chi connectivity index (χ3n) is 4.35. The van der Waals surface area contributed by atoms with E-state index >= 15 is 0 Å². The summed E-state index contributed by atoms with van der Waals surface area (Å²) in [6.45, 7) is 12.5. The molecule has 1 fully saturated rings. The van der Waals surface area contributed by atoms with E-state index in [4.69, 9.17) is 9.31 Å². The van der Waals surface area contributed by atoms with Crippen LogP contribution in [0.15, 0.2) is 24.3 Å². The number of benzene rings is 1. The van der Waals surface area contributed by atoms with Gasteiger partial charge in [-0.05, 0) is 58.2 Å². The first-order valence-corrected chi connectivity index (χ1v) is 7.51. The van der Waals surface area contributed by atoms with Crippen LogP contribution in [-0.4, -0.2) is 31.4 Å². The molecule has 0 atom stereocenters. The summed E-state index contributed by atoms with van der Waals surface area (Å²) in [4.78, 5) is 0. The van der Waals surface area contributed by atoms with Crippen LogP contribution in [0, 0.1) is 0 Å². The zero-order chi connectivity index (χ0) is 14.8. The maximum atomic E-state index is 6.05. The number of rotatable bonds is 5. The Morgan fingerprint density at radius 1 is 1.00 bits per heavy atom. The second-order valence-electron chi connectivity index (χ2n) is 6.43. The normalized spacial score (nSPS) is 19.4. The molecule has 21 heavy (non-hydrogen) atoms. The standard InChI is InChI=1S/C16H26BNO2.ClH/c1-6-18-12-11-13-7-9-14(10-8-13)17-19-15(2,3)16(4,5)20-17;/h7-10,18H,6,11-12H2,1-5H3;1H. The van der Waals surface area contributed by atoms with Crippen LogP contribution in [0.3, 0.4) is 0 Å². The lowest BCUT2D eigenvalue weighted by atomic mass is 9.79. The fourth-order valence-corrected chi connectivity index (χ4v) is 2.23. The first-order valence-electron chi connectivity index (χ1n) is 7.51. The molecule has 1 N–H and O–H groups in total. The van der Waals surface area contributed by atoms with Gasteiger partial charge in [0.2, 0.25) is 0 Å². The molecule has 0 spiro atoms. The Morgan fingerprint density at radius 3 is 2.00 bits per heavy atom.